The molecule has 2 aliphatic rings. The minimum Gasteiger partial charge on any atom is -0.497 e. The van der Waals surface area contributed by atoms with Gasteiger partial charge >= 0.3 is 0 Å². The van der Waals surface area contributed by atoms with Crippen LogP contribution < -0.4 is 20.1 Å². The van der Waals surface area contributed by atoms with E-state index < -0.39 is 18.2 Å². The van der Waals surface area contributed by atoms with Crippen molar-refractivity contribution in [1.82, 2.24) is 4.90 Å². The van der Waals surface area contributed by atoms with Crippen LogP contribution in [0.15, 0.2) is 42.5 Å². The Morgan fingerprint density at radius 3 is 2.68 bits per heavy atom. The van der Waals surface area contributed by atoms with Crippen molar-refractivity contribution in [3.8, 4) is 11.5 Å². The number of carbonyl (C=O) groups is 1. The molecule has 1 saturated heterocycles. The van der Waals surface area contributed by atoms with Crippen LogP contribution in [-0.4, -0.2) is 87.8 Å². The number of anilines is 1. The highest BCUT2D eigenvalue weighted by atomic mass is 16.5. The number of fused-ring (bicyclic) bond motifs is 1. The maximum absolute atomic E-state index is 12.7. The molecule has 0 radical (unpaired) electrons. The molecule has 0 saturated carbocycles. The molecule has 2 aliphatic heterocycles. The predicted molar refractivity (Wildman–Crippen MR) is 141 cm³/mol. The lowest BCUT2D eigenvalue weighted by Crippen LogP contribution is -2.56. The van der Waals surface area contributed by atoms with Crippen LogP contribution in [0.1, 0.15) is 30.4 Å². The first-order valence-electron chi connectivity index (χ1n) is 12.9. The molecule has 2 aromatic rings. The molecule has 2 aromatic carbocycles. The van der Waals surface area contributed by atoms with Crippen molar-refractivity contribution in [2.45, 2.75) is 44.1 Å². The number of nitrogens with zero attached hydrogens (tertiary/aromatic N) is 2. The number of hydrogen-bond acceptors (Lipinski definition) is 8. The number of aliphatic hydroxyl groups excluding tert-OH is 1. The zero-order valence-corrected chi connectivity index (χ0v) is 22.0. The van der Waals surface area contributed by atoms with Crippen molar-refractivity contribution in [3.05, 3.63) is 53.6 Å². The summed E-state index contributed by atoms with van der Waals surface area (Å²) in [5.74, 6) is 1.12. The Balaban J connectivity index is 1.53. The Bertz CT molecular complexity index is 1030. The van der Waals surface area contributed by atoms with Crippen molar-refractivity contribution in [2.75, 3.05) is 58.5 Å². The molecule has 2 heterocycles. The number of benzene rings is 2. The summed E-state index contributed by atoms with van der Waals surface area (Å²) in [4.78, 5) is 16.6. The van der Waals surface area contributed by atoms with Crippen LogP contribution in [0.3, 0.4) is 0 Å². The first kappa shape index (κ1) is 27.2. The van der Waals surface area contributed by atoms with Crippen molar-refractivity contribution in [3.63, 3.8) is 0 Å². The zero-order chi connectivity index (χ0) is 26.4. The maximum Gasteiger partial charge on any atom is 0.239 e. The van der Waals surface area contributed by atoms with E-state index in [0.29, 0.717) is 26.4 Å². The first-order valence-corrected chi connectivity index (χ1v) is 12.9. The highest BCUT2D eigenvalue weighted by Crippen LogP contribution is 2.35. The Kier molecular flexibility index (Phi) is 9.26. The van der Waals surface area contributed by atoms with Crippen LogP contribution in [-0.2, 0) is 20.9 Å². The Labute approximate surface area is 219 Å². The van der Waals surface area contributed by atoms with Gasteiger partial charge in [0.25, 0.3) is 0 Å². The predicted octanol–water partition coefficient (Wildman–Crippen LogP) is 2.15. The van der Waals surface area contributed by atoms with E-state index in [4.69, 9.17) is 24.7 Å². The van der Waals surface area contributed by atoms with Crippen LogP contribution in [0.4, 0.5) is 5.69 Å². The Morgan fingerprint density at radius 2 is 1.97 bits per heavy atom. The molecule has 0 aromatic heterocycles. The lowest BCUT2D eigenvalue weighted by molar-refractivity contribution is -0.143. The van der Waals surface area contributed by atoms with Gasteiger partial charge < -0.3 is 39.6 Å². The van der Waals surface area contributed by atoms with Gasteiger partial charge in [-0.15, -0.1) is 0 Å². The third kappa shape index (κ3) is 6.54. The molecule has 9 heteroatoms. The van der Waals surface area contributed by atoms with E-state index in [2.05, 4.69) is 11.0 Å². The fraction of sp³-hybridized carbons (Fsp3) is 0.536. The van der Waals surface area contributed by atoms with Gasteiger partial charge in [-0.25, -0.2) is 0 Å². The quantitative estimate of drug-likeness (QED) is 0.466. The zero-order valence-electron chi connectivity index (χ0n) is 22.0. The molecule has 9 nitrogen and oxygen atoms in total. The van der Waals surface area contributed by atoms with Gasteiger partial charge in [0.2, 0.25) is 5.91 Å². The fourth-order valence-corrected chi connectivity index (χ4v) is 5.12. The Hall–Kier alpha value is -2.85. The van der Waals surface area contributed by atoms with Gasteiger partial charge in [0.1, 0.15) is 18.1 Å². The third-order valence-corrected chi connectivity index (χ3v) is 7.05. The molecular weight excluding hydrogens is 474 g/mol. The summed E-state index contributed by atoms with van der Waals surface area (Å²) in [5.41, 5.74) is 8.86. The number of hydrogen-bond donors (Lipinski definition) is 2. The van der Waals surface area contributed by atoms with E-state index in [1.807, 2.05) is 36.4 Å². The van der Waals surface area contributed by atoms with Crippen molar-refractivity contribution >= 4 is 11.6 Å². The number of rotatable bonds is 10. The second kappa shape index (κ2) is 12.6. The number of amides is 1. The molecule has 3 N–H and O–H groups in total. The van der Waals surface area contributed by atoms with E-state index in [9.17, 15) is 9.90 Å². The summed E-state index contributed by atoms with van der Waals surface area (Å²) in [6.45, 7) is 5.64. The fourth-order valence-electron chi connectivity index (χ4n) is 5.12. The molecule has 0 unspecified atom stereocenters. The van der Waals surface area contributed by atoms with Crippen molar-refractivity contribution in [1.29, 1.82) is 0 Å². The molecule has 0 spiro atoms. The minimum absolute atomic E-state index is 0.196. The number of ether oxygens (including phenoxy) is 4. The second-order valence-electron chi connectivity index (χ2n) is 9.73. The number of methoxy groups -OCH3 is 2. The Morgan fingerprint density at radius 1 is 1.19 bits per heavy atom. The summed E-state index contributed by atoms with van der Waals surface area (Å²) >= 11 is 0. The largest absolute Gasteiger partial charge is 0.497 e. The van der Waals surface area contributed by atoms with Crippen LogP contribution in [0, 0.1) is 0 Å². The van der Waals surface area contributed by atoms with Gasteiger partial charge in [0.05, 0.1) is 44.2 Å². The number of likely N-dealkylation sites (tertiary alicyclic amines) is 1. The van der Waals surface area contributed by atoms with E-state index in [-0.39, 0.29) is 18.4 Å². The molecule has 4 rings (SSSR count). The van der Waals surface area contributed by atoms with Crippen molar-refractivity contribution in [2.24, 2.45) is 5.73 Å². The van der Waals surface area contributed by atoms with Crippen LogP contribution >= 0.6 is 0 Å². The van der Waals surface area contributed by atoms with Gasteiger partial charge in [-0.05, 0) is 48.7 Å². The molecule has 37 heavy (non-hydrogen) atoms. The summed E-state index contributed by atoms with van der Waals surface area (Å²) < 4.78 is 22.8. The number of nitrogens with two attached hydrogens (primary N) is 1. The van der Waals surface area contributed by atoms with Crippen LogP contribution in [0.2, 0.25) is 0 Å². The SMILES string of the molecule is COCCCN1CCOc2ccc(CO[C@H]3CN(C(=O)[C@H](C)N)C[C@@H](O)[C@@H]3c3ccc(OC)cc3)cc21. The van der Waals surface area contributed by atoms with E-state index >= 15 is 0 Å². The van der Waals surface area contributed by atoms with Crippen LogP contribution in [0.25, 0.3) is 0 Å². The number of carbonyl (C=O) groups excluding carboxylic acids is 1. The molecule has 1 amide bonds. The lowest BCUT2D eigenvalue weighted by Gasteiger charge is -2.42. The maximum atomic E-state index is 12.7. The highest BCUT2D eigenvalue weighted by molar-refractivity contribution is 5.81. The average Bonchev–Trinajstić information content (AvgIpc) is 2.91. The van der Waals surface area contributed by atoms with E-state index in [0.717, 1.165) is 47.8 Å². The molecule has 4 atom stereocenters. The molecule has 1 fully saturated rings. The second-order valence-corrected chi connectivity index (χ2v) is 9.73. The van der Waals surface area contributed by atoms with Gasteiger partial charge in [-0.2, -0.15) is 0 Å². The minimum atomic E-state index is -0.789. The third-order valence-electron chi connectivity index (χ3n) is 7.05. The number of aliphatic hydroxyl groups is 1. The summed E-state index contributed by atoms with van der Waals surface area (Å²) in [5, 5.41) is 11.1. The average molecular weight is 514 g/mol. The van der Waals surface area contributed by atoms with E-state index in [1.54, 1.807) is 26.0 Å². The molecule has 0 bridgehead atoms. The highest BCUT2D eigenvalue weighted by Gasteiger charge is 2.40. The number of piperidine rings is 1. The molecule has 0 aliphatic carbocycles. The number of β-amino-alcohol motifs (C(OH)–C–C–N with tert-alkyl or cyclic N) is 1. The van der Waals surface area contributed by atoms with Gasteiger partial charge in [0.15, 0.2) is 0 Å². The van der Waals surface area contributed by atoms with Gasteiger partial charge in [0, 0.05) is 39.3 Å². The van der Waals surface area contributed by atoms with Gasteiger partial charge in [-0.3, -0.25) is 4.79 Å². The topological polar surface area (TPSA) is 107 Å². The van der Waals surface area contributed by atoms with Crippen LogP contribution in [0.5, 0.6) is 11.5 Å². The summed E-state index contributed by atoms with van der Waals surface area (Å²) in [6.07, 6.45) is -0.267. The normalized spacial score (nSPS) is 22.2. The first-order chi connectivity index (χ1) is 17.9. The summed E-state index contributed by atoms with van der Waals surface area (Å²) in [7, 11) is 3.34. The van der Waals surface area contributed by atoms with Crippen molar-refractivity contribution < 1.29 is 28.8 Å². The van der Waals surface area contributed by atoms with Gasteiger partial charge in [-0.1, -0.05) is 18.2 Å². The standard InChI is InChI=1S/C28H39N3O6/c1-19(29)28(33)31-16-24(32)27(21-6-8-22(35-3)9-7-21)26(17-31)37-18-20-5-10-25-23(15-20)30(12-14-36-25)11-4-13-34-2/h5-10,15,19,24,26-27,32H,4,11-14,16-18,29H2,1-3H3/t19-,24+,26-,27-/m0/s1. The van der Waals surface area contributed by atoms with E-state index in [1.165, 1.54) is 0 Å². The lowest BCUT2D eigenvalue weighted by atomic mass is 9.84. The molecular formula is C28H39N3O6. The smallest absolute Gasteiger partial charge is 0.239 e. The summed E-state index contributed by atoms with van der Waals surface area (Å²) in [6, 6.07) is 13.1. The molecule has 202 valence electrons. The monoisotopic (exact) mass is 513 g/mol.